The lowest BCUT2D eigenvalue weighted by atomic mass is 9.99. The number of carbonyl (C=O) groups excluding carboxylic acids is 1. The molecule has 2 amide bonds. The summed E-state index contributed by atoms with van der Waals surface area (Å²) in [5, 5.41) is 13.0. The lowest BCUT2D eigenvalue weighted by Gasteiger charge is -2.20. The Bertz CT molecular complexity index is 894. The smallest absolute Gasteiger partial charge is 0.333 e. The van der Waals surface area contributed by atoms with E-state index in [0.29, 0.717) is 6.54 Å². The molecular weight excluding hydrogens is 390 g/mol. The third kappa shape index (κ3) is 4.49. The molecule has 158 valence electrons. The second kappa shape index (κ2) is 8.45. The first-order valence-corrected chi connectivity index (χ1v) is 12.0. The van der Waals surface area contributed by atoms with Crippen LogP contribution in [0.2, 0.25) is 0 Å². The summed E-state index contributed by atoms with van der Waals surface area (Å²) in [5.74, 6) is 0. The average Bonchev–Trinajstić information content (AvgIpc) is 3.40. The van der Waals surface area contributed by atoms with Gasteiger partial charge in [0.15, 0.2) is 0 Å². The molecule has 29 heavy (non-hydrogen) atoms. The van der Waals surface area contributed by atoms with Gasteiger partial charge in [-0.2, -0.15) is 0 Å². The molecule has 0 saturated carbocycles. The summed E-state index contributed by atoms with van der Waals surface area (Å²) in [6.45, 7) is 1.41. The number of aliphatic hydroxyl groups is 1. The van der Waals surface area contributed by atoms with Gasteiger partial charge in [-0.15, -0.1) is 0 Å². The Morgan fingerprint density at radius 2 is 1.83 bits per heavy atom. The largest absolute Gasteiger partial charge is 0.395 e. The first-order valence-electron chi connectivity index (χ1n) is 10.5. The molecule has 3 N–H and O–H groups in total. The average molecular weight is 420 g/mol. The highest BCUT2D eigenvalue weighted by Crippen LogP contribution is 2.38. The van der Waals surface area contributed by atoms with Crippen LogP contribution in [0.5, 0.6) is 0 Å². The molecule has 8 heteroatoms. The van der Waals surface area contributed by atoms with Crippen molar-refractivity contribution in [2.75, 3.05) is 25.0 Å². The van der Waals surface area contributed by atoms with Gasteiger partial charge in [0.05, 0.1) is 6.61 Å². The van der Waals surface area contributed by atoms with E-state index in [-0.39, 0.29) is 12.6 Å². The van der Waals surface area contributed by atoms with Gasteiger partial charge in [0.25, 0.3) is 10.0 Å². The molecule has 1 fully saturated rings. The normalized spacial score (nSPS) is 21.5. The molecule has 0 aromatic heterocycles. The van der Waals surface area contributed by atoms with Gasteiger partial charge < -0.3 is 10.4 Å². The van der Waals surface area contributed by atoms with E-state index in [1.165, 1.54) is 22.3 Å². The van der Waals surface area contributed by atoms with E-state index in [0.717, 1.165) is 69.0 Å². The zero-order valence-electron chi connectivity index (χ0n) is 16.6. The van der Waals surface area contributed by atoms with Crippen molar-refractivity contribution in [1.82, 2.24) is 9.62 Å². The fourth-order valence-electron chi connectivity index (χ4n) is 4.94. The fourth-order valence-corrected chi connectivity index (χ4v) is 5.71. The van der Waals surface area contributed by atoms with E-state index in [2.05, 4.69) is 16.1 Å². The monoisotopic (exact) mass is 419 g/mol. The van der Waals surface area contributed by atoms with Gasteiger partial charge in [0.2, 0.25) is 0 Å². The van der Waals surface area contributed by atoms with Gasteiger partial charge in [-0.25, -0.2) is 17.9 Å². The van der Waals surface area contributed by atoms with Crippen LogP contribution in [-0.2, 0) is 35.7 Å². The SMILES string of the molecule is O=C(Nc1c2c(cc3c1CCC3)CCC2)NS(=O)(=O)/C=C/C1CCCN1CCO. The van der Waals surface area contributed by atoms with Crippen molar-refractivity contribution in [3.05, 3.63) is 39.8 Å². The maximum Gasteiger partial charge on any atom is 0.333 e. The second-order valence-corrected chi connectivity index (χ2v) is 9.70. The summed E-state index contributed by atoms with van der Waals surface area (Å²) >= 11 is 0. The molecule has 1 saturated heterocycles. The maximum absolute atomic E-state index is 12.5. The number of likely N-dealkylation sites (tertiary alicyclic amines) is 1. The Kier molecular flexibility index (Phi) is 5.94. The third-order valence-electron chi connectivity index (χ3n) is 6.23. The molecule has 1 aromatic carbocycles. The van der Waals surface area contributed by atoms with Crippen LogP contribution in [0.1, 0.15) is 47.9 Å². The van der Waals surface area contributed by atoms with Crippen molar-refractivity contribution in [2.45, 2.75) is 57.4 Å². The number of sulfonamides is 1. The number of amides is 2. The lowest BCUT2D eigenvalue weighted by molar-refractivity contribution is 0.202. The summed E-state index contributed by atoms with van der Waals surface area (Å²) in [7, 11) is -3.89. The number of nitrogens with one attached hydrogen (secondary N) is 2. The van der Waals surface area contributed by atoms with Crippen LogP contribution >= 0.6 is 0 Å². The van der Waals surface area contributed by atoms with E-state index in [9.17, 15) is 13.2 Å². The molecule has 1 aromatic rings. The molecule has 1 aliphatic heterocycles. The van der Waals surface area contributed by atoms with Gasteiger partial charge in [-0.05, 0) is 80.2 Å². The van der Waals surface area contributed by atoms with E-state index < -0.39 is 16.1 Å². The molecule has 4 rings (SSSR count). The Balaban J connectivity index is 1.44. The number of urea groups is 1. The van der Waals surface area contributed by atoms with Gasteiger partial charge in [0.1, 0.15) is 0 Å². The number of nitrogens with zero attached hydrogens (tertiary/aromatic N) is 1. The molecule has 7 nitrogen and oxygen atoms in total. The summed E-state index contributed by atoms with van der Waals surface area (Å²) < 4.78 is 26.9. The Labute approximate surface area is 172 Å². The molecule has 1 atom stereocenters. The number of fused-ring (bicyclic) bond motifs is 2. The molecule has 1 heterocycles. The molecule has 3 aliphatic rings. The minimum absolute atomic E-state index is 0.0255. The number of anilines is 1. The topological polar surface area (TPSA) is 98.7 Å². The molecule has 0 spiro atoms. The van der Waals surface area contributed by atoms with E-state index in [4.69, 9.17) is 5.11 Å². The molecule has 0 bridgehead atoms. The van der Waals surface area contributed by atoms with Crippen molar-refractivity contribution in [1.29, 1.82) is 0 Å². The van der Waals surface area contributed by atoms with Crippen LogP contribution in [0.15, 0.2) is 17.6 Å². The van der Waals surface area contributed by atoms with Crippen molar-refractivity contribution in [2.24, 2.45) is 0 Å². The van der Waals surface area contributed by atoms with Crippen molar-refractivity contribution in [3.63, 3.8) is 0 Å². The molecule has 1 unspecified atom stereocenters. The van der Waals surface area contributed by atoms with E-state index in [1.807, 2.05) is 4.90 Å². The highest BCUT2D eigenvalue weighted by molar-refractivity contribution is 7.92. The van der Waals surface area contributed by atoms with Gasteiger partial charge in [0, 0.05) is 23.7 Å². The predicted octanol–water partition coefficient (Wildman–Crippen LogP) is 2.09. The molecule has 2 aliphatic carbocycles. The van der Waals surface area contributed by atoms with Crippen LogP contribution in [0.25, 0.3) is 0 Å². The van der Waals surface area contributed by atoms with Crippen LogP contribution in [0, 0.1) is 0 Å². The number of hydrogen-bond donors (Lipinski definition) is 3. The standard InChI is InChI=1S/C21H29N3O4S/c25-12-11-24-10-3-6-17(24)9-13-29(27,28)23-21(26)22-20-18-7-1-4-15(18)14-16-5-2-8-19(16)20/h9,13-14,17,25H,1-8,10-12H2,(H2,22,23,26)/b13-9+. The van der Waals surface area contributed by atoms with Crippen molar-refractivity contribution >= 4 is 21.7 Å². The highest BCUT2D eigenvalue weighted by atomic mass is 32.2. The minimum Gasteiger partial charge on any atom is -0.395 e. The second-order valence-electron chi connectivity index (χ2n) is 8.13. The quantitative estimate of drug-likeness (QED) is 0.656. The van der Waals surface area contributed by atoms with Gasteiger partial charge >= 0.3 is 6.03 Å². The van der Waals surface area contributed by atoms with Crippen molar-refractivity contribution < 1.29 is 18.3 Å². The number of hydrogen-bond acceptors (Lipinski definition) is 5. The number of β-amino-alcohol motifs (C(OH)–C–C–N with tert-alkyl or cyclic N) is 1. The number of benzene rings is 1. The Morgan fingerprint density at radius 1 is 1.14 bits per heavy atom. The Hall–Kier alpha value is -1.90. The zero-order chi connectivity index (χ0) is 20.4. The van der Waals surface area contributed by atoms with Crippen LogP contribution in [0.4, 0.5) is 10.5 Å². The number of carbonyl (C=O) groups is 1. The zero-order valence-corrected chi connectivity index (χ0v) is 17.4. The Morgan fingerprint density at radius 3 is 2.48 bits per heavy atom. The molecular formula is C21H29N3O4S. The number of aliphatic hydroxyl groups excluding tert-OH is 1. The first kappa shape index (κ1) is 20.4. The van der Waals surface area contributed by atoms with E-state index >= 15 is 0 Å². The van der Waals surface area contributed by atoms with Gasteiger partial charge in [-0.1, -0.05) is 12.1 Å². The summed E-state index contributed by atoms with van der Waals surface area (Å²) in [5.41, 5.74) is 5.73. The first-order chi connectivity index (χ1) is 14.0. The lowest BCUT2D eigenvalue weighted by Crippen LogP contribution is -2.34. The third-order valence-corrected chi connectivity index (χ3v) is 7.21. The van der Waals surface area contributed by atoms with E-state index in [1.54, 1.807) is 6.08 Å². The van der Waals surface area contributed by atoms with Crippen LogP contribution < -0.4 is 10.0 Å². The number of aryl methyl sites for hydroxylation is 2. The van der Waals surface area contributed by atoms with Gasteiger partial charge in [-0.3, -0.25) is 4.90 Å². The molecule has 0 radical (unpaired) electrons. The predicted molar refractivity (Wildman–Crippen MR) is 112 cm³/mol. The van der Waals surface area contributed by atoms with Crippen LogP contribution in [-0.4, -0.2) is 50.2 Å². The van der Waals surface area contributed by atoms with Crippen LogP contribution in [0.3, 0.4) is 0 Å². The highest BCUT2D eigenvalue weighted by Gasteiger charge is 2.26. The summed E-state index contributed by atoms with van der Waals surface area (Å²) in [4.78, 5) is 14.6. The summed E-state index contributed by atoms with van der Waals surface area (Å²) in [6.07, 6.45) is 9.45. The fraction of sp³-hybridized carbons (Fsp3) is 0.571. The number of rotatable bonds is 6. The minimum atomic E-state index is -3.89. The summed E-state index contributed by atoms with van der Waals surface area (Å²) in [6, 6.07) is 1.54. The maximum atomic E-state index is 12.5. The van der Waals surface area contributed by atoms with Crippen molar-refractivity contribution in [3.8, 4) is 0 Å².